The van der Waals surface area contributed by atoms with Gasteiger partial charge in [-0.05, 0) is 44.7 Å². The van der Waals surface area contributed by atoms with Crippen molar-refractivity contribution >= 4 is 34.5 Å². The van der Waals surface area contributed by atoms with Crippen LogP contribution in [0.4, 0.5) is 0 Å². The van der Waals surface area contributed by atoms with Gasteiger partial charge >= 0.3 is 0 Å². The molecule has 0 spiro atoms. The van der Waals surface area contributed by atoms with Gasteiger partial charge in [-0.25, -0.2) is 0 Å². The molecular formula is C14H21Cl2NOS. The number of hydrogen-bond donors (Lipinski definition) is 1. The first-order valence-corrected chi connectivity index (χ1v) is 8.50. The van der Waals surface area contributed by atoms with Crippen LogP contribution in [0, 0.1) is 5.92 Å². The van der Waals surface area contributed by atoms with Crippen molar-refractivity contribution in [3.63, 3.8) is 0 Å². The van der Waals surface area contributed by atoms with Crippen LogP contribution in [-0.2, 0) is 4.74 Å². The minimum absolute atomic E-state index is 0.314. The summed E-state index contributed by atoms with van der Waals surface area (Å²) in [4.78, 5) is 0. The Balaban J connectivity index is 1.92. The highest BCUT2D eigenvalue weighted by Gasteiger charge is 2.32. The van der Waals surface area contributed by atoms with E-state index in [9.17, 15) is 0 Å². The second-order valence-corrected chi connectivity index (χ2v) is 7.33. The van der Waals surface area contributed by atoms with E-state index >= 15 is 0 Å². The molecule has 1 atom stereocenters. The molecule has 108 valence electrons. The minimum atomic E-state index is 0.314. The highest BCUT2D eigenvalue weighted by atomic mass is 35.5. The van der Waals surface area contributed by atoms with Gasteiger partial charge in [0.15, 0.2) is 0 Å². The van der Waals surface area contributed by atoms with Gasteiger partial charge < -0.3 is 10.1 Å². The number of halogens is 2. The second-order valence-electron chi connectivity index (χ2n) is 5.04. The summed E-state index contributed by atoms with van der Waals surface area (Å²) in [7, 11) is 0. The molecule has 2 rings (SSSR count). The van der Waals surface area contributed by atoms with E-state index in [0.29, 0.717) is 12.1 Å². The summed E-state index contributed by atoms with van der Waals surface area (Å²) in [6.07, 6.45) is 3.93. The van der Waals surface area contributed by atoms with Crippen LogP contribution in [0.1, 0.15) is 44.7 Å². The van der Waals surface area contributed by atoms with E-state index in [4.69, 9.17) is 27.9 Å². The number of ether oxygens (including phenoxy) is 1. The lowest BCUT2D eigenvalue weighted by Gasteiger charge is -2.37. The third-order valence-corrected chi connectivity index (χ3v) is 5.19. The molecule has 1 N–H and O–H groups in total. The Bertz CT molecular complexity index is 404. The van der Waals surface area contributed by atoms with E-state index in [-0.39, 0.29) is 0 Å². The zero-order valence-electron chi connectivity index (χ0n) is 11.4. The highest BCUT2D eigenvalue weighted by molar-refractivity contribution is 7.20. The van der Waals surface area contributed by atoms with Gasteiger partial charge in [0.05, 0.1) is 14.8 Å². The Morgan fingerprint density at radius 3 is 2.68 bits per heavy atom. The van der Waals surface area contributed by atoms with Crippen molar-refractivity contribution in [2.24, 2.45) is 5.92 Å². The lowest BCUT2D eigenvalue weighted by Crippen LogP contribution is -2.34. The Kier molecular flexibility index (Phi) is 5.97. The van der Waals surface area contributed by atoms with Crippen LogP contribution in [0.25, 0.3) is 0 Å². The van der Waals surface area contributed by atoms with Gasteiger partial charge in [0.1, 0.15) is 0 Å². The van der Waals surface area contributed by atoms with Crippen LogP contribution in [0.2, 0.25) is 8.67 Å². The summed E-state index contributed by atoms with van der Waals surface area (Å²) in [5.74, 6) is 0.732. The molecule has 1 unspecified atom stereocenters. The molecule has 2 nitrogen and oxygen atoms in total. The van der Waals surface area contributed by atoms with Gasteiger partial charge in [-0.2, -0.15) is 0 Å². The van der Waals surface area contributed by atoms with Crippen LogP contribution >= 0.6 is 34.5 Å². The normalized spacial score (nSPS) is 24.2. The highest BCUT2D eigenvalue weighted by Crippen LogP contribution is 2.41. The monoisotopic (exact) mass is 321 g/mol. The molecule has 5 heteroatoms. The van der Waals surface area contributed by atoms with Crippen molar-refractivity contribution in [1.29, 1.82) is 0 Å². The van der Waals surface area contributed by atoms with Crippen LogP contribution in [-0.4, -0.2) is 19.3 Å². The van der Waals surface area contributed by atoms with Gasteiger partial charge in [0, 0.05) is 18.2 Å². The molecule has 1 aromatic heterocycles. The Morgan fingerprint density at radius 1 is 1.42 bits per heavy atom. The maximum atomic E-state index is 6.27. The second kappa shape index (κ2) is 7.28. The maximum absolute atomic E-state index is 6.27. The molecular weight excluding hydrogens is 301 g/mol. The number of thiophene rings is 1. The number of rotatable bonds is 7. The summed E-state index contributed by atoms with van der Waals surface area (Å²) in [6, 6.07) is 2.31. The van der Waals surface area contributed by atoms with Crippen molar-refractivity contribution in [2.75, 3.05) is 13.2 Å². The molecule has 1 saturated carbocycles. The van der Waals surface area contributed by atoms with E-state index in [1.807, 2.05) is 6.07 Å². The zero-order valence-corrected chi connectivity index (χ0v) is 13.7. The molecule has 1 fully saturated rings. The Labute approximate surface area is 129 Å². The molecule has 0 saturated heterocycles. The first-order chi connectivity index (χ1) is 9.13. The minimum Gasteiger partial charge on any atom is -0.378 e. The Morgan fingerprint density at radius 2 is 2.16 bits per heavy atom. The van der Waals surface area contributed by atoms with Gasteiger partial charge in [-0.1, -0.05) is 30.1 Å². The fourth-order valence-corrected chi connectivity index (χ4v) is 4.31. The van der Waals surface area contributed by atoms with Gasteiger partial charge in [-0.3, -0.25) is 0 Å². The van der Waals surface area contributed by atoms with E-state index in [1.165, 1.54) is 24.2 Å². The average molecular weight is 322 g/mol. The number of hydrogen-bond acceptors (Lipinski definition) is 3. The first-order valence-electron chi connectivity index (χ1n) is 6.93. The van der Waals surface area contributed by atoms with Crippen molar-refractivity contribution in [3.05, 3.63) is 20.3 Å². The van der Waals surface area contributed by atoms with Crippen LogP contribution in [0.5, 0.6) is 0 Å². The molecule has 0 radical (unpaired) electrons. The summed E-state index contributed by atoms with van der Waals surface area (Å²) >= 11 is 13.8. The van der Waals surface area contributed by atoms with E-state index in [1.54, 1.807) is 0 Å². The SMILES string of the molecule is CCNC(CC1CC(OCC)C1)c1cc(Cl)sc1Cl. The molecule has 0 aliphatic heterocycles. The molecule has 1 aliphatic rings. The standard InChI is InChI=1S/C14H21Cl2NOS/c1-3-17-12(11-8-13(15)19-14(11)16)7-9-5-10(6-9)18-4-2/h8-10,12,17H,3-7H2,1-2H3. The molecule has 1 aliphatic carbocycles. The molecule has 1 heterocycles. The van der Waals surface area contributed by atoms with Gasteiger partial charge in [0.25, 0.3) is 0 Å². The quantitative estimate of drug-likeness (QED) is 0.770. The fourth-order valence-electron chi connectivity index (χ4n) is 2.73. The third kappa shape index (κ3) is 4.08. The predicted octanol–water partition coefficient (Wildman–Crippen LogP) is 4.91. The van der Waals surface area contributed by atoms with Crippen molar-refractivity contribution < 1.29 is 4.74 Å². The van der Waals surface area contributed by atoms with Crippen molar-refractivity contribution in [2.45, 2.75) is 45.3 Å². The lowest BCUT2D eigenvalue weighted by molar-refractivity contribution is -0.0291. The molecule has 0 aromatic carbocycles. The topological polar surface area (TPSA) is 21.3 Å². The molecule has 0 amide bonds. The summed E-state index contributed by atoms with van der Waals surface area (Å²) < 4.78 is 7.20. The maximum Gasteiger partial charge on any atom is 0.0991 e. The predicted molar refractivity (Wildman–Crippen MR) is 83.5 cm³/mol. The van der Waals surface area contributed by atoms with Gasteiger partial charge in [0.2, 0.25) is 0 Å². The zero-order chi connectivity index (χ0) is 13.8. The third-order valence-electron chi connectivity index (χ3n) is 3.67. The molecule has 19 heavy (non-hydrogen) atoms. The number of nitrogens with one attached hydrogen (secondary N) is 1. The van der Waals surface area contributed by atoms with Crippen LogP contribution in [0.15, 0.2) is 6.07 Å². The summed E-state index contributed by atoms with van der Waals surface area (Å²) in [6.45, 7) is 5.94. The lowest BCUT2D eigenvalue weighted by atomic mass is 9.77. The van der Waals surface area contributed by atoms with Crippen molar-refractivity contribution in [3.8, 4) is 0 Å². The largest absolute Gasteiger partial charge is 0.378 e. The smallest absolute Gasteiger partial charge is 0.0991 e. The van der Waals surface area contributed by atoms with E-state index in [0.717, 1.165) is 39.7 Å². The fraction of sp³-hybridized carbons (Fsp3) is 0.714. The van der Waals surface area contributed by atoms with E-state index < -0.39 is 0 Å². The molecule has 0 bridgehead atoms. The van der Waals surface area contributed by atoms with Crippen LogP contribution in [0.3, 0.4) is 0 Å². The first kappa shape index (κ1) is 15.6. The molecule has 1 aromatic rings. The van der Waals surface area contributed by atoms with Crippen molar-refractivity contribution in [1.82, 2.24) is 5.32 Å². The Hall–Kier alpha value is 0.200. The van der Waals surface area contributed by atoms with E-state index in [2.05, 4.69) is 19.2 Å². The summed E-state index contributed by atoms with van der Waals surface area (Å²) in [5.41, 5.74) is 1.15. The summed E-state index contributed by atoms with van der Waals surface area (Å²) in [5, 5.41) is 3.52. The van der Waals surface area contributed by atoms with Crippen LogP contribution < -0.4 is 5.32 Å². The average Bonchev–Trinajstić information content (AvgIpc) is 2.64. The van der Waals surface area contributed by atoms with Gasteiger partial charge in [-0.15, -0.1) is 11.3 Å².